The van der Waals surface area contributed by atoms with Crippen molar-refractivity contribution >= 4 is 5.91 Å². The zero-order valence-corrected chi connectivity index (χ0v) is 10.1. The first kappa shape index (κ1) is 13.4. The van der Waals surface area contributed by atoms with Gasteiger partial charge in [-0.2, -0.15) is 0 Å². The standard InChI is InChI=1S/C13H15F2NO/c1-8(2)6-13(17)16-9(3)11-5-4-10(14)7-12(11)15/h4-7,9H,1-3H3,(H,16,17). The van der Waals surface area contributed by atoms with Gasteiger partial charge in [0.05, 0.1) is 6.04 Å². The molecule has 0 fully saturated rings. The number of amides is 1. The number of rotatable bonds is 3. The topological polar surface area (TPSA) is 29.1 Å². The van der Waals surface area contributed by atoms with E-state index in [0.29, 0.717) is 0 Å². The molecule has 1 amide bonds. The molecule has 0 bridgehead atoms. The summed E-state index contributed by atoms with van der Waals surface area (Å²) in [5, 5.41) is 2.61. The molecule has 92 valence electrons. The summed E-state index contributed by atoms with van der Waals surface area (Å²) in [6, 6.07) is 2.80. The molecule has 0 spiro atoms. The van der Waals surface area contributed by atoms with Gasteiger partial charge in [0.15, 0.2) is 0 Å². The number of hydrogen-bond donors (Lipinski definition) is 1. The van der Waals surface area contributed by atoms with Gasteiger partial charge in [0, 0.05) is 17.7 Å². The van der Waals surface area contributed by atoms with Gasteiger partial charge in [-0.1, -0.05) is 11.6 Å². The third kappa shape index (κ3) is 3.98. The van der Waals surface area contributed by atoms with Crippen LogP contribution >= 0.6 is 0 Å². The largest absolute Gasteiger partial charge is 0.346 e. The SMILES string of the molecule is CC(C)=CC(=O)NC(C)c1ccc(F)cc1F. The van der Waals surface area contributed by atoms with E-state index in [9.17, 15) is 13.6 Å². The Balaban J connectivity index is 2.80. The van der Waals surface area contributed by atoms with Crippen LogP contribution in [-0.2, 0) is 4.79 Å². The zero-order chi connectivity index (χ0) is 13.0. The maximum atomic E-state index is 13.4. The Morgan fingerprint density at radius 2 is 2.00 bits per heavy atom. The van der Waals surface area contributed by atoms with Gasteiger partial charge in [0.1, 0.15) is 11.6 Å². The highest BCUT2D eigenvalue weighted by Gasteiger charge is 2.12. The minimum Gasteiger partial charge on any atom is -0.346 e. The van der Waals surface area contributed by atoms with Crippen molar-refractivity contribution in [1.82, 2.24) is 5.32 Å². The third-order valence-electron chi connectivity index (χ3n) is 2.21. The van der Waals surface area contributed by atoms with Crippen LogP contribution in [0.3, 0.4) is 0 Å². The summed E-state index contributed by atoms with van der Waals surface area (Å²) in [5.41, 5.74) is 1.12. The van der Waals surface area contributed by atoms with Crippen LogP contribution in [0.1, 0.15) is 32.4 Å². The van der Waals surface area contributed by atoms with E-state index < -0.39 is 17.7 Å². The average Bonchev–Trinajstić information content (AvgIpc) is 2.15. The molecule has 0 saturated heterocycles. The van der Waals surface area contributed by atoms with Crippen LogP contribution in [0.5, 0.6) is 0 Å². The zero-order valence-electron chi connectivity index (χ0n) is 10.1. The molecule has 1 aromatic carbocycles. The molecule has 0 aliphatic heterocycles. The number of halogens is 2. The van der Waals surface area contributed by atoms with Gasteiger partial charge in [-0.05, 0) is 26.8 Å². The first-order valence-corrected chi connectivity index (χ1v) is 5.30. The highest BCUT2D eigenvalue weighted by Crippen LogP contribution is 2.17. The molecule has 0 aliphatic carbocycles. The normalized spacial score (nSPS) is 11.8. The molecule has 2 nitrogen and oxygen atoms in total. The van der Waals surface area contributed by atoms with Gasteiger partial charge in [-0.3, -0.25) is 4.79 Å². The van der Waals surface area contributed by atoms with E-state index >= 15 is 0 Å². The third-order valence-corrected chi connectivity index (χ3v) is 2.21. The smallest absolute Gasteiger partial charge is 0.244 e. The molecule has 17 heavy (non-hydrogen) atoms. The van der Waals surface area contributed by atoms with Crippen molar-refractivity contribution in [3.8, 4) is 0 Å². The van der Waals surface area contributed by atoms with E-state index in [4.69, 9.17) is 0 Å². The van der Waals surface area contributed by atoms with Gasteiger partial charge in [-0.15, -0.1) is 0 Å². The lowest BCUT2D eigenvalue weighted by Crippen LogP contribution is -2.25. The lowest BCUT2D eigenvalue weighted by Gasteiger charge is -2.14. The molecule has 1 rings (SSSR count). The summed E-state index contributed by atoms with van der Waals surface area (Å²) in [7, 11) is 0. The molecule has 0 aromatic heterocycles. The second kappa shape index (κ2) is 5.57. The Morgan fingerprint density at radius 3 is 2.53 bits per heavy atom. The van der Waals surface area contributed by atoms with E-state index in [1.54, 1.807) is 20.8 Å². The van der Waals surface area contributed by atoms with Crippen molar-refractivity contribution in [1.29, 1.82) is 0 Å². The maximum absolute atomic E-state index is 13.4. The van der Waals surface area contributed by atoms with Crippen LogP contribution in [0.4, 0.5) is 8.78 Å². The van der Waals surface area contributed by atoms with Crippen LogP contribution in [0.15, 0.2) is 29.8 Å². The van der Waals surface area contributed by atoms with Crippen LogP contribution in [0.25, 0.3) is 0 Å². The number of hydrogen-bond acceptors (Lipinski definition) is 1. The van der Waals surface area contributed by atoms with E-state index in [-0.39, 0.29) is 11.5 Å². The van der Waals surface area contributed by atoms with Crippen LogP contribution in [-0.4, -0.2) is 5.91 Å². The van der Waals surface area contributed by atoms with E-state index in [1.165, 1.54) is 18.2 Å². The summed E-state index contributed by atoms with van der Waals surface area (Å²) in [4.78, 5) is 11.4. The monoisotopic (exact) mass is 239 g/mol. The Hall–Kier alpha value is -1.71. The Bertz CT molecular complexity index is 451. The van der Waals surface area contributed by atoms with Crippen molar-refractivity contribution < 1.29 is 13.6 Å². The number of benzene rings is 1. The fourth-order valence-corrected chi connectivity index (χ4v) is 1.45. The van der Waals surface area contributed by atoms with Crippen LogP contribution in [0.2, 0.25) is 0 Å². The first-order chi connectivity index (χ1) is 7.90. The van der Waals surface area contributed by atoms with E-state index in [2.05, 4.69) is 5.32 Å². The molecule has 0 aliphatic rings. The van der Waals surface area contributed by atoms with Crippen molar-refractivity contribution in [3.05, 3.63) is 47.0 Å². The summed E-state index contributed by atoms with van der Waals surface area (Å²) in [5.74, 6) is -1.58. The fourth-order valence-electron chi connectivity index (χ4n) is 1.45. The van der Waals surface area contributed by atoms with Gasteiger partial charge >= 0.3 is 0 Å². The maximum Gasteiger partial charge on any atom is 0.244 e. The Kier molecular flexibility index (Phi) is 4.37. The van der Waals surface area contributed by atoms with Gasteiger partial charge in [0.2, 0.25) is 5.91 Å². The number of nitrogens with one attached hydrogen (secondary N) is 1. The molecule has 0 saturated carbocycles. The van der Waals surface area contributed by atoms with Crippen LogP contribution in [0, 0.1) is 11.6 Å². The molecule has 0 heterocycles. The number of carbonyl (C=O) groups is 1. The number of carbonyl (C=O) groups excluding carboxylic acids is 1. The molecule has 1 unspecified atom stereocenters. The summed E-state index contributed by atoms with van der Waals surface area (Å²) in [6.07, 6.45) is 1.43. The minimum absolute atomic E-state index is 0.266. The number of allylic oxidation sites excluding steroid dienone is 1. The van der Waals surface area contributed by atoms with Crippen molar-refractivity contribution in [2.45, 2.75) is 26.8 Å². The molecular formula is C13H15F2NO. The van der Waals surface area contributed by atoms with Gasteiger partial charge < -0.3 is 5.32 Å². The Morgan fingerprint density at radius 1 is 1.35 bits per heavy atom. The lowest BCUT2D eigenvalue weighted by molar-refractivity contribution is -0.117. The van der Waals surface area contributed by atoms with E-state index in [0.717, 1.165) is 11.6 Å². The molecular weight excluding hydrogens is 224 g/mol. The molecule has 1 N–H and O–H groups in total. The second-order valence-electron chi connectivity index (χ2n) is 4.12. The van der Waals surface area contributed by atoms with Gasteiger partial charge in [0.25, 0.3) is 0 Å². The minimum atomic E-state index is -0.657. The molecule has 4 heteroatoms. The fraction of sp³-hybridized carbons (Fsp3) is 0.308. The van der Waals surface area contributed by atoms with Crippen LogP contribution < -0.4 is 5.32 Å². The van der Waals surface area contributed by atoms with Crippen molar-refractivity contribution in [2.75, 3.05) is 0 Å². The van der Waals surface area contributed by atoms with Gasteiger partial charge in [-0.25, -0.2) is 8.78 Å². The highest BCUT2D eigenvalue weighted by atomic mass is 19.1. The predicted molar refractivity (Wildman–Crippen MR) is 62.3 cm³/mol. The summed E-state index contributed by atoms with van der Waals surface area (Å²) >= 11 is 0. The average molecular weight is 239 g/mol. The quantitative estimate of drug-likeness (QED) is 0.807. The van der Waals surface area contributed by atoms with Crippen molar-refractivity contribution in [2.24, 2.45) is 0 Å². The molecule has 1 aromatic rings. The predicted octanol–water partition coefficient (Wildman–Crippen LogP) is 3.11. The van der Waals surface area contributed by atoms with Crippen molar-refractivity contribution in [3.63, 3.8) is 0 Å². The molecule has 1 atom stereocenters. The Labute approximate surface area is 99.3 Å². The lowest BCUT2D eigenvalue weighted by atomic mass is 10.1. The highest BCUT2D eigenvalue weighted by molar-refractivity contribution is 5.88. The van der Waals surface area contributed by atoms with E-state index in [1.807, 2.05) is 0 Å². The second-order valence-corrected chi connectivity index (χ2v) is 4.12. The first-order valence-electron chi connectivity index (χ1n) is 5.30. The summed E-state index contributed by atoms with van der Waals surface area (Å²) < 4.78 is 26.1. The summed E-state index contributed by atoms with van der Waals surface area (Å²) in [6.45, 7) is 5.23. The molecule has 0 radical (unpaired) electrons.